The van der Waals surface area contributed by atoms with Crippen LogP contribution in [0.3, 0.4) is 0 Å². The van der Waals surface area contributed by atoms with Crippen LogP contribution in [0.4, 0.5) is 0 Å². The van der Waals surface area contributed by atoms with E-state index in [-0.39, 0.29) is 12.6 Å². The Hall–Kier alpha value is -0.353. The molecule has 0 aliphatic heterocycles. The van der Waals surface area contributed by atoms with Crippen molar-refractivity contribution in [1.29, 1.82) is 0 Å². The third-order valence-corrected chi connectivity index (χ3v) is 5.53. The molecule has 0 saturated carbocycles. The lowest BCUT2D eigenvalue weighted by Gasteiger charge is -2.22. The third-order valence-electron chi connectivity index (χ3n) is 2.37. The highest BCUT2D eigenvalue weighted by molar-refractivity contribution is 6.56. The molecule has 15 heavy (non-hydrogen) atoms. The van der Waals surface area contributed by atoms with Gasteiger partial charge in [0, 0.05) is 13.0 Å². The quantitative estimate of drug-likeness (QED) is 0.541. The Morgan fingerprint density at radius 3 is 2.13 bits per heavy atom. The fourth-order valence-electron chi connectivity index (χ4n) is 1.63. The Morgan fingerprint density at radius 1 is 1.20 bits per heavy atom. The van der Waals surface area contributed by atoms with E-state index in [4.69, 9.17) is 9.53 Å². The highest BCUT2D eigenvalue weighted by Crippen LogP contribution is 2.21. The fraction of sp³-hybridized carbons (Fsp3) is 0.909. The Morgan fingerprint density at radius 2 is 1.73 bits per heavy atom. The minimum Gasteiger partial charge on any atom is -0.521 e. The van der Waals surface area contributed by atoms with Crippen molar-refractivity contribution >= 4 is 15.0 Å². The average Bonchev–Trinajstić information content (AvgIpc) is 2.13. The normalized spacial score (nSPS) is 11.5. The van der Waals surface area contributed by atoms with Gasteiger partial charge in [-0.2, -0.15) is 0 Å². The van der Waals surface area contributed by atoms with Gasteiger partial charge in [-0.25, -0.2) is 0 Å². The minimum absolute atomic E-state index is 0.0810. The topological polar surface area (TPSA) is 46.5 Å². The number of rotatable bonds is 7. The van der Waals surface area contributed by atoms with Crippen LogP contribution >= 0.6 is 0 Å². The van der Waals surface area contributed by atoms with E-state index >= 15 is 0 Å². The van der Waals surface area contributed by atoms with Crippen LogP contribution in [0.15, 0.2) is 0 Å². The van der Waals surface area contributed by atoms with Crippen LogP contribution in [-0.2, 0) is 9.22 Å². The zero-order valence-corrected chi connectivity index (χ0v) is 11.5. The van der Waals surface area contributed by atoms with Crippen LogP contribution in [0.1, 0.15) is 47.0 Å². The number of hydrogen-bond acceptors (Lipinski definition) is 3. The second-order valence-electron chi connectivity index (χ2n) is 4.62. The van der Waals surface area contributed by atoms with Crippen LogP contribution in [0.25, 0.3) is 0 Å². The largest absolute Gasteiger partial charge is 0.521 e. The van der Waals surface area contributed by atoms with Gasteiger partial charge in [0.2, 0.25) is 9.04 Å². The molecule has 0 fully saturated rings. The predicted octanol–water partition coefficient (Wildman–Crippen LogP) is 2.24. The first kappa shape index (κ1) is 14.6. The van der Waals surface area contributed by atoms with Crippen molar-refractivity contribution in [2.24, 2.45) is 0 Å². The molecule has 0 bridgehead atoms. The lowest BCUT2D eigenvalue weighted by Crippen LogP contribution is -2.28. The summed E-state index contributed by atoms with van der Waals surface area (Å²) in [7, 11) is -1.40. The van der Waals surface area contributed by atoms with Gasteiger partial charge >= 0.3 is 0 Å². The van der Waals surface area contributed by atoms with Crippen LogP contribution in [-0.4, -0.2) is 26.7 Å². The SMILES string of the molecule is CC(C)[SiH](OC(=O)CCCCO)C(C)C. The van der Waals surface area contributed by atoms with E-state index in [1.54, 1.807) is 0 Å². The highest BCUT2D eigenvalue weighted by Gasteiger charge is 2.24. The van der Waals surface area contributed by atoms with E-state index in [2.05, 4.69) is 27.7 Å². The van der Waals surface area contributed by atoms with Gasteiger partial charge in [0.15, 0.2) is 0 Å². The molecule has 4 heteroatoms. The molecule has 90 valence electrons. The summed E-state index contributed by atoms with van der Waals surface area (Å²) in [6, 6.07) is 0. The summed E-state index contributed by atoms with van der Waals surface area (Å²) in [6.07, 6.45) is 1.86. The monoisotopic (exact) mass is 232 g/mol. The van der Waals surface area contributed by atoms with E-state index in [1.165, 1.54) is 0 Å². The molecule has 0 heterocycles. The second kappa shape index (κ2) is 7.88. The maximum absolute atomic E-state index is 11.5. The molecule has 3 nitrogen and oxygen atoms in total. The van der Waals surface area contributed by atoms with Crippen LogP contribution in [0, 0.1) is 0 Å². The van der Waals surface area contributed by atoms with Crippen molar-refractivity contribution in [2.45, 2.75) is 58.0 Å². The molecular formula is C11H24O3Si. The Labute approximate surface area is 94.6 Å². The minimum atomic E-state index is -1.40. The zero-order valence-electron chi connectivity index (χ0n) is 10.3. The molecular weight excluding hydrogens is 208 g/mol. The van der Waals surface area contributed by atoms with E-state index in [0.29, 0.717) is 23.9 Å². The summed E-state index contributed by atoms with van der Waals surface area (Å²) in [5, 5.41) is 8.59. The summed E-state index contributed by atoms with van der Waals surface area (Å²) in [5.41, 5.74) is 0.985. The number of hydrogen-bond donors (Lipinski definition) is 1. The number of aliphatic hydroxyl groups is 1. The number of carbonyl (C=O) groups is 1. The molecule has 0 spiro atoms. The maximum atomic E-state index is 11.5. The lowest BCUT2D eigenvalue weighted by molar-refractivity contribution is -0.135. The van der Waals surface area contributed by atoms with E-state index in [0.717, 1.165) is 6.42 Å². The van der Waals surface area contributed by atoms with E-state index in [9.17, 15) is 4.79 Å². The third kappa shape index (κ3) is 6.68. The molecule has 1 N–H and O–H groups in total. The molecule has 0 atom stereocenters. The maximum Gasteiger partial charge on any atom is 0.292 e. The van der Waals surface area contributed by atoms with Gasteiger partial charge in [-0.3, -0.25) is 4.79 Å². The second-order valence-corrected chi connectivity index (χ2v) is 8.45. The molecule has 0 aromatic heterocycles. The molecule has 0 unspecified atom stereocenters. The van der Waals surface area contributed by atoms with E-state index < -0.39 is 9.04 Å². The van der Waals surface area contributed by atoms with Gasteiger partial charge < -0.3 is 9.53 Å². The van der Waals surface area contributed by atoms with Crippen LogP contribution in [0.2, 0.25) is 11.1 Å². The first-order valence-corrected chi connectivity index (χ1v) is 7.59. The van der Waals surface area contributed by atoms with Crippen LogP contribution < -0.4 is 0 Å². The van der Waals surface area contributed by atoms with Gasteiger partial charge in [0.1, 0.15) is 0 Å². The smallest absolute Gasteiger partial charge is 0.292 e. The Kier molecular flexibility index (Phi) is 7.69. The van der Waals surface area contributed by atoms with Gasteiger partial charge in [-0.15, -0.1) is 0 Å². The van der Waals surface area contributed by atoms with Crippen molar-refractivity contribution in [3.05, 3.63) is 0 Å². The lowest BCUT2D eigenvalue weighted by atomic mass is 10.2. The number of unbranched alkanes of at least 4 members (excludes halogenated alkanes) is 1. The predicted molar refractivity (Wildman–Crippen MR) is 64.4 cm³/mol. The fourth-order valence-corrected chi connectivity index (χ4v) is 4.14. The first-order chi connectivity index (χ1) is 6.99. The summed E-state index contributed by atoms with van der Waals surface area (Å²) >= 11 is 0. The van der Waals surface area contributed by atoms with Crippen molar-refractivity contribution in [3.63, 3.8) is 0 Å². The molecule has 0 saturated heterocycles. The van der Waals surface area contributed by atoms with Gasteiger partial charge in [-0.05, 0) is 23.9 Å². The molecule has 0 aliphatic carbocycles. The summed E-state index contributed by atoms with van der Waals surface area (Å²) in [5.74, 6) is -0.0810. The summed E-state index contributed by atoms with van der Waals surface area (Å²) < 4.78 is 5.54. The molecule has 0 rings (SSSR count). The van der Waals surface area contributed by atoms with Crippen LogP contribution in [0.5, 0.6) is 0 Å². The zero-order chi connectivity index (χ0) is 11.8. The van der Waals surface area contributed by atoms with Crippen molar-refractivity contribution in [1.82, 2.24) is 0 Å². The van der Waals surface area contributed by atoms with Gasteiger partial charge in [0.25, 0.3) is 5.97 Å². The van der Waals surface area contributed by atoms with Crippen molar-refractivity contribution in [3.8, 4) is 0 Å². The van der Waals surface area contributed by atoms with Crippen molar-refractivity contribution in [2.75, 3.05) is 6.61 Å². The van der Waals surface area contributed by atoms with E-state index in [1.807, 2.05) is 0 Å². The Balaban J connectivity index is 3.90. The van der Waals surface area contributed by atoms with Gasteiger partial charge in [0.05, 0.1) is 0 Å². The number of carbonyl (C=O) groups excluding carboxylic acids is 1. The Bertz CT molecular complexity index is 173. The first-order valence-electron chi connectivity index (χ1n) is 5.79. The van der Waals surface area contributed by atoms with Crippen molar-refractivity contribution < 1.29 is 14.3 Å². The summed E-state index contributed by atoms with van der Waals surface area (Å²) in [6.45, 7) is 8.65. The average molecular weight is 232 g/mol. The molecule has 0 radical (unpaired) electrons. The molecule has 0 aliphatic rings. The molecule has 0 amide bonds. The summed E-state index contributed by atoms with van der Waals surface area (Å²) in [4.78, 5) is 11.5. The highest BCUT2D eigenvalue weighted by atomic mass is 28.3. The number of aliphatic hydroxyl groups excluding tert-OH is 1. The standard InChI is InChI=1S/C11H24O3Si/c1-9(2)15(10(3)4)14-11(13)7-5-6-8-12/h9-10,12,15H,5-8H2,1-4H3. The van der Waals surface area contributed by atoms with Gasteiger partial charge in [-0.1, -0.05) is 27.7 Å². The molecule has 0 aromatic rings. The molecule has 0 aromatic carbocycles.